The molecule has 0 spiro atoms. The number of pyridine rings is 1. The fraction of sp³-hybridized carbons (Fsp3) is 0.211. The number of hydrogen-bond acceptors (Lipinski definition) is 7. The first-order chi connectivity index (χ1) is 13.4. The van der Waals surface area contributed by atoms with E-state index in [0.717, 1.165) is 0 Å². The van der Waals surface area contributed by atoms with Crippen molar-refractivity contribution in [1.29, 1.82) is 0 Å². The molecule has 0 amide bonds. The standard InChI is InChI=1S/C19H18N4O5/c1-12(2)18-14(11-21-22(18)17-6-4-5-9-20-17)19(24)28-16-8-7-13(27-3)10-15(16)23(25)26/h4-12H,1-3H3. The summed E-state index contributed by atoms with van der Waals surface area (Å²) < 4.78 is 11.9. The number of aromatic nitrogens is 3. The maximum Gasteiger partial charge on any atom is 0.347 e. The molecule has 0 aliphatic rings. The van der Waals surface area contributed by atoms with Gasteiger partial charge in [-0.3, -0.25) is 10.1 Å². The molecular weight excluding hydrogens is 364 g/mol. The topological polar surface area (TPSA) is 109 Å². The number of carbonyl (C=O) groups is 1. The van der Waals surface area contributed by atoms with Gasteiger partial charge in [0.05, 0.1) is 30.0 Å². The van der Waals surface area contributed by atoms with Crippen LogP contribution in [0.5, 0.6) is 11.5 Å². The van der Waals surface area contributed by atoms with E-state index in [-0.39, 0.29) is 28.7 Å². The lowest BCUT2D eigenvalue weighted by Gasteiger charge is -2.12. The predicted octanol–water partition coefficient (Wildman–Crippen LogP) is 3.53. The zero-order chi connectivity index (χ0) is 20.3. The Morgan fingerprint density at radius 1 is 1.25 bits per heavy atom. The molecule has 1 aromatic carbocycles. The lowest BCUT2D eigenvalue weighted by atomic mass is 10.1. The van der Waals surface area contributed by atoms with Crippen molar-refractivity contribution in [1.82, 2.24) is 14.8 Å². The van der Waals surface area contributed by atoms with Crippen LogP contribution < -0.4 is 9.47 Å². The average Bonchev–Trinajstić information content (AvgIpc) is 3.14. The number of carbonyl (C=O) groups excluding carboxylic acids is 1. The van der Waals surface area contributed by atoms with Crippen molar-refractivity contribution in [2.75, 3.05) is 7.11 Å². The van der Waals surface area contributed by atoms with Gasteiger partial charge in [-0.15, -0.1) is 0 Å². The van der Waals surface area contributed by atoms with Crippen LogP contribution in [0.2, 0.25) is 0 Å². The van der Waals surface area contributed by atoms with Gasteiger partial charge in [0, 0.05) is 6.20 Å². The highest BCUT2D eigenvalue weighted by molar-refractivity contribution is 5.93. The fourth-order valence-corrected chi connectivity index (χ4v) is 2.74. The van der Waals surface area contributed by atoms with Crippen LogP contribution in [0.3, 0.4) is 0 Å². The molecule has 0 saturated heterocycles. The average molecular weight is 382 g/mol. The van der Waals surface area contributed by atoms with E-state index in [1.807, 2.05) is 19.9 Å². The summed E-state index contributed by atoms with van der Waals surface area (Å²) in [5, 5.41) is 15.6. The Morgan fingerprint density at radius 2 is 2.04 bits per heavy atom. The molecule has 0 radical (unpaired) electrons. The molecule has 0 aliphatic carbocycles. The zero-order valence-corrected chi connectivity index (χ0v) is 15.5. The first kappa shape index (κ1) is 19.0. The Hall–Kier alpha value is -3.75. The minimum absolute atomic E-state index is 0.0714. The van der Waals surface area contributed by atoms with Gasteiger partial charge < -0.3 is 9.47 Å². The van der Waals surface area contributed by atoms with E-state index in [9.17, 15) is 14.9 Å². The second-order valence-electron chi connectivity index (χ2n) is 6.18. The van der Waals surface area contributed by atoms with Crippen molar-refractivity contribution < 1.29 is 19.2 Å². The highest BCUT2D eigenvalue weighted by atomic mass is 16.6. The molecule has 3 rings (SSSR count). The maximum atomic E-state index is 12.8. The van der Waals surface area contributed by atoms with Crippen molar-refractivity contribution in [3.63, 3.8) is 0 Å². The molecule has 2 aromatic heterocycles. The molecule has 9 nitrogen and oxygen atoms in total. The second-order valence-corrected chi connectivity index (χ2v) is 6.18. The van der Waals surface area contributed by atoms with Crippen LogP contribution >= 0.6 is 0 Å². The molecule has 0 atom stereocenters. The summed E-state index contributed by atoms with van der Waals surface area (Å²) in [5.74, 6) is -0.133. The number of hydrogen-bond donors (Lipinski definition) is 0. The highest BCUT2D eigenvalue weighted by Crippen LogP contribution is 2.32. The number of nitrogens with zero attached hydrogens (tertiary/aromatic N) is 4. The molecule has 28 heavy (non-hydrogen) atoms. The number of nitro groups is 1. The maximum absolute atomic E-state index is 12.8. The molecule has 0 unspecified atom stereocenters. The van der Waals surface area contributed by atoms with Crippen LogP contribution in [-0.2, 0) is 0 Å². The summed E-state index contributed by atoms with van der Waals surface area (Å²) in [6, 6.07) is 9.36. The number of esters is 1. The van der Waals surface area contributed by atoms with Gasteiger partial charge in [0.15, 0.2) is 5.82 Å². The molecule has 0 saturated carbocycles. The third-order valence-corrected chi connectivity index (χ3v) is 4.00. The summed E-state index contributed by atoms with van der Waals surface area (Å²) in [5.41, 5.74) is 0.446. The van der Waals surface area contributed by atoms with Gasteiger partial charge in [-0.2, -0.15) is 5.10 Å². The van der Waals surface area contributed by atoms with Crippen LogP contribution in [0.25, 0.3) is 5.82 Å². The van der Waals surface area contributed by atoms with Crippen LogP contribution in [0.1, 0.15) is 35.8 Å². The van der Waals surface area contributed by atoms with Crippen molar-refractivity contribution in [2.24, 2.45) is 0 Å². The fourth-order valence-electron chi connectivity index (χ4n) is 2.74. The minimum atomic E-state index is -0.737. The van der Waals surface area contributed by atoms with E-state index >= 15 is 0 Å². The number of nitro benzene ring substituents is 1. The van der Waals surface area contributed by atoms with E-state index in [0.29, 0.717) is 11.5 Å². The Balaban J connectivity index is 1.98. The van der Waals surface area contributed by atoms with Crippen molar-refractivity contribution in [3.8, 4) is 17.3 Å². The Bertz CT molecular complexity index is 1010. The number of rotatable bonds is 6. The van der Waals surface area contributed by atoms with E-state index in [2.05, 4.69) is 10.1 Å². The molecule has 0 N–H and O–H groups in total. The third kappa shape index (κ3) is 3.68. The van der Waals surface area contributed by atoms with Gasteiger partial charge in [0.25, 0.3) is 0 Å². The van der Waals surface area contributed by atoms with Crippen molar-refractivity contribution in [3.05, 3.63) is 70.2 Å². The van der Waals surface area contributed by atoms with E-state index < -0.39 is 10.9 Å². The first-order valence-electron chi connectivity index (χ1n) is 8.46. The van der Waals surface area contributed by atoms with E-state index in [1.165, 1.54) is 31.5 Å². The monoisotopic (exact) mass is 382 g/mol. The van der Waals surface area contributed by atoms with Gasteiger partial charge in [-0.25, -0.2) is 14.5 Å². The lowest BCUT2D eigenvalue weighted by Crippen LogP contribution is -2.14. The highest BCUT2D eigenvalue weighted by Gasteiger charge is 2.26. The number of ether oxygens (including phenoxy) is 2. The summed E-state index contributed by atoms with van der Waals surface area (Å²) in [7, 11) is 1.39. The van der Waals surface area contributed by atoms with Crippen LogP contribution in [0.15, 0.2) is 48.8 Å². The van der Waals surface area contributed by atoms with Gasteiger partial charge >= 0.3 is 11.7 Å². The molecule has 3 aromatic rings. The quantitative estimate of drug-likeness (QED) is 0.278. The Kier molecular flexibility index (Phi) is 5.35. The van der Waals surface area contributed by atoms with Crippen molar-refractivity contribution in [2.45, 2.75) is 19.8 Å². The zero-order valence-electron chi connectivity index (χ0n) is 15.5. The van der Waals surface area contributed by atoms with E-state index in [4.69, 9.17) is 9.47 Å². The Morgan fingerprint density at radius 3 is 2.64 bits per heavy atom. The Labute approximate surface area is 160 Å². The smallest absolute Gasteiger partial charge is 0.347 e. The predicted molar refractivity (Wildman–Crippen MR) is 100 cm³/mol. The first-order valence-corrected chi connectivity index (χ1v) is 8.46. The summed E-state index contributed by atoms with van der Waals surface area (Å²) in [6.45, 7) is 3.81. The molecule has 2 heterocycles. The largest absolute Gasteiger partial charge is 0.496 e. The summed E-state index contributed by atoms with van der Waals surface area (Å²) in [6.07, 6.45) is 3.00. The molecule has 0 aliphatic heterocycles. The SMILES string of the molecule is COc1ccc(OC(=O)c2cnn(-c3ccccn3)c2C(C)C)c([N+](=O)[O-])c1. The molecule has 0 fully saturated rings. The number of benzene rings is 1. The molecule has 0 bridgehead atoms. The van der Waals surface area contributed by atoms with E-state index in [1.54, 1.807) is 23.0 Å². The number of methoxy groups -OCH3 is 1. The lowest BCUT2D eigenvalue weighted by molar-refractivity contribution is -0.385. The normalized spacial score (nSPS) is 10.7. The van der Waals surface area contributed by atoms with Gasteiger partial charge in [-0.05, 0) is 30.2 Å². The second kappa shape index (κ2) is 7.87. The van der Waals surface area contributed by atoms with Crippen LogP contribution in [0.4, 0.5) is 5.69 Å². The molecular formula is C19H18N4O5. The van der Waals surface area contributed by atoms with Crippen LogP contribution in [-0.4, -0.2) is 32.8 Å². The minimum Gasteiger partial charge on any atom is -0.496 e. The summed E-state index contributed by atoms with van der Waals surface area (Å²) in [4.78, 5) is 27.7. The van der Waals surface area contributed by atoms with Gasteiger partial charge in [0.1, 0.15) is 11.3 Å². The summed E-state index contributed by atoms with van der Waals surface area (Å²) >= 11 is 0. The molecule has 144 valence electrons. The molecule has 9 heteroatoms. The van der Waals surface area contributed by atoms with Gasteiger partial charge in [0.2, 0.25) is 5.75 Å². The third-order valence-electron chi connectivity index (χ3n) is 4.00. The van der Waals surface area contributed by atoms with Crippen LogP contribution in [0, 0.1) is 10.1 Å². The van der Waals surface area contributed by atoms with Gasteiger partial charge in [-0.1, -0.05) is 19.9 Å². The van der Waals surface area contributed by atoms with Crippen molar-refractivity contribution >= 4 is 11.7 Å².